The third-order valence-electron chi connectivity index (χ3n) is 4.79. The SMILES string of the molecule is CCOCCOC(=O)CN1C(=O)COc2ccc(-c3csc(-c4ccccc4Cl)n3)cc21. The smallest absolute Gasteiger partial charge is 0.326 e. The van der Waals surface area contributed by atoms with Gasteiger partial charge < -0.3 is 14.2 Å². The first-order chi connectivity index (χ1) is 15.6. The number of ether oxygens (including phenoxy) is 3. The van der Waals surface area contributed by atoms with Crippen LogP contribution in [0.1, 0.15) is 6.92 Å². The number of amides is 1. The average Bonchev–Trinajstić information content (AvgIpc) is 3.29. The molecule has 0 unspecified atom stereocenters. The van der Waals surface area contributed by atoms with Crippen LogP contribution in [0, 0.1) is 0 Å². The van der Waals surface area contributed by atoms with Gasteiger partial charge in [0.15, 0.2) is 6.61 Å². The summed E-state index contributed by atoms with van der Waals surface area (Å²) in [7, 11) is 0. The zero-order chi connectivity index (χ0) is 22.5. The molecule has 2 aromatic carbocycles. The maximum absolute atomic E-state index is 12.5. The minimum Gasteiger partial charge on any atom is -0.482 e. The highest BCUT2D eigenvalue weighted by Crippen LogP contribution is 2.38. The van der Waals surface area contributed by atoms with Gasteiger partial charge in [-0.25, -0.2) is 4.98 Å². The van der Waals surface area contributed by atoms with E-state index in [9.17, 15) is 9.59 Å². The number of carbonyl (C=O) groups is 2. The highest BCUT2D eigenvalue weighted by molar-refractivity contribution is 7.13. The molecule has 0 atom stereocenters. The van der Waals surface area contributed by atoms with Crippen LogP contribution in [0.5, 0.6) is 5.75 Å². The Bertz CT molecular complexity index is 1130. The normalized spacial score (nSPS) is 12.9. The summed E-state index contributed by atoms with van der Waals surface area (Å²) in [5.41, 5.74) is 2.91. The van der Waals surface area contributed by atoms with Crippen molar-refractivity contribution in [2.24, 2.45) is 0 Å². The largest absolute Gasteiger partial charge is 0.482 e. The highest BCUT2D eigenvalue weighted by atomic mass is 35.5. The number of thiazole rings is 1. The number of halogens is 1. The molecule has 3 aromatic rings. The van der Waals surface area contributed by atoms with Crippen molar-refractivity contribution in [3.05, 3.63) is 52.9 Å². The minimum atomic E-state index is -0.508. The Labute approximate surface area is 194 Å². The van der Waals surface area contributed by atoms with Crippen molar-refractivity contribution in [1.82, 2.24) is 4.98 Å². The second kappa shape index (κ2) is 10.1. The molecule has 0 bridgehead atoms. The number of aromatic nitrogens is 1. The Morgan fingerprint density at radius 1 is 1.25 bits per heavy atom. The maximum atomic E-state index is 12.5. The Morgan fingerprint density at radius 3 is 2.91 bits per heavy atom. The number of fused-ring (bicyclic) bond motifs is 1. The van der Waals surface area contributed by atoms with E-state index in [1.54, 1.807) is 12.1 Å². The van der Waals surface area contributed by atoms with Crippen molar-refractivity contribution in [3.8, 4) is 27.6 Å². The Morgan fingerprint density at radius 2 is 2.09 bits per heavy atom. The van der Waals surface area contributed by atoms with Gasteiger partial charge in [-0.1, -0.05) is 29.8 Å². The first kappa shape index (κ1) is 22.3. The number of esters is 1. The van der Waals surface area contributed by atoms with E-state index in [-0.39, 0.29) is 25.7 Å². The van der Waals surface area contributed by atoms with E-state index in [1.165, 1.54) is 16.2 Å². The van der Waals surface area contributed by atoms with Gasteiger partial charge in [0.05, 0.1) is 23.0 Å². The first-order valence-electron chi connectivity index (χ1n) is 10.1. The van der Waals surface area contributed by atoms with Crippen LogP contribution in [0.2, 0.25) is 5.02 Å². The standard InChI is InChI=1S/C23H21ClN2O5S/c1-2-29-9-10-30-22(28)12-26-19-11-15(7-8-20(19)31-13-21(26)27)18-14-32-23(25-18)16-5-3-4-6-17(16)24/h3-8,11,14H,2,9-10,12-13H2,1H3. The summed E-state index contributed by atoms with van der Waals surface area (Å²) in [6, 6.07) is 13.0. The van der Waals surface area contributed by atoms with E-state index in [0.717, 1.165) is 21.8 Å². The molecule has 4 rings (SSSR count). The molecule has 0 radical (unpaired) electrons. The van der Waals surface area contributed by atoms with Crippen LogP contribution < -0.4 is 9.64 Å². The van der Waals surface area contributed by atoms with Gasteiger partial charge in [0.2, 0.25) is 0 Å². The summed E-state index contributed by atoms with van der Waals surface area (Å²) in [4.78, 5) is 30.8. The van der Waals surface area contributed by atoms with Crippen LogP contribution in [0.15, 0.2) is 47.8 Å². The van der Waals surface area contributed by atoms with Crippen LogP contribution in [-0.4, -0.2) is 49.8 Å². The molecule has 0 saturated carbocycles. The second-order valence-electron chi connectivity index (χ2n) is 6.89. The third-order valence-corrected chi connectivity index (χ3v) is 5.99. The number of nitrogens with zero attached hydrogens (tertiary/aromatic N) is 2. The molecule has 7 nitrogen and oxygen atoms in total. The fourth-order valence-electron chi connectivity index (χ4n) is 3.23. The molecule has 1 amide bonds. The van der Waals surface area contributed by atoms with Crippen molar-refractivity contribution in [3.63, 3.8) is 0 Å². The van der Waals surface area contributed by atoms with Gasteiger partial charge in [-0.2, -0.15) is 0 Å². The zero-order valence-electron chi connectivity index (χ0n) is 17.4. The van der Waals surface area contributed by atoms with Crippen LogP contribution >= 0.6 is 22.9 Å². The Balaban J connectivity index is 1.56. The molecular formula is C23H21ClN2O5S. The van der Waals surface area contributed by atoms with Crippen molar-refractivity contribution in [2.45, 2.75) is 6.92 Å². The number of anilines is 1. The molecule has 2 heterocycles. The molecule has 166 valence electrons. The highest BCUT2D eigenvalue weighted by Gasteiger charge is 2.28. The molecule has 0 saturated heterocycles. The molecule has 0 spiro atoms. The third kappa shape index (κ3) is 4.93. The van der Waals surface area contributed by atoms with Gasteiger partial charge in [0.1, 0.15) is 23.9 Å². The van der Waals surface area contributed by atoms with Crippen LogP contribution in [-0.2, 0) is 19.1 Å². The quantitative estimate of drug-likeness (QED) is 0.356. The number of hydrogen-bond donors (Lipinski definition) is 0. The topological polar surface area (TPSA) is 78.0 Å². The summed E-state index contributed by atoms with van der Waals surface area (Å²) in [6.45, 7) is 2.53. The molecule has 9 heteroatoms. The van der Waals surface area contributed by atoms with E-state index in [0.29, 0.717) is 29.7 Å². The van der Waals surface area contributed by atoms with Crippen molar-refractivity contribution in [2.75, 3.05) is 37.9 Å². The Hall–Kier alpha value is -2.94. The lowest BCUT2D eigenvalue weighted by atomic mass is 10.1. The Kier molecular flexibility index (Phi) is 7.04. The van der Waals surface area contributed by atoms with E-state index >= 15 is 0 Å². The van der Waals surface area contributed by atoms with Crippen molar-refractivity contribution < 1.29 is 23.8 Å². The number of carbonyl (C=O) groups excluding carboxylic acids is 2. The van der Waals surface area contributed by atoms with E-state index in [2.05, 4.69) is 0 Å². The van der Waals surface area contributed by atoms with Crippen molar-refractivity contribution >= 4 is 40.5 Å². The number of rotatable bonds is 8. The molecular weight excluding hydrogens is 452 g/mol. The lowest BCUT2D eigenvalue weighted by Gasteiger charge is -2.29. The summed E-state index contributed by atoms with van der Waals surface area (Å²) < 4.78 is 15.9. The predicted molar refractivity (Wildman–Crippen MR) is 123 cm³/mol. The second-order valence-corrected chi connectivity index (χ2v) is 8.15. The molecule has 0 aliphatic carbocycles. The lowest BCUT2D eigenvalue weighted by Crippen LogP contribution is -2.42. The van der Waals surface area contributed by atoms with Gasteiger partial charge in [-0.05, 0) is 31.2 Å². The summed E-state index contributed by atoms with van der Waals surface area (Å²) >= 11 is 7.78. The van der Waals surface area contributed by atoms with Gasteiger partial charge >= 0.3 is 5.97 Å². The fraction of sp³-hybridized carbons (Fsp3) is 0.261. The van der Waals surface area contributed by atoms with Crippen molar-refractivity contribution in [1.29, 1.82) is 0 Å². The van der Waals surface area contributed by atoms with E-state index in [4.69, 9.17) is 30.8 Å². The molecule has 32 heavy (non-hydrogen) atoms. The maximum Gasteiger partial charge on any atom is 0.326 e. The zero-order valence-corrected chi connectivity index (χ0v) is 18.9. The summed E-state index contributed by atoms with van der Waals surface area (Å²) in [5.74, 6) is -0.297. The molecule has 1 aliphatic rings. The predicted octanol–water partition coefficient (Wildman–Crippen LogP) is 4.44. The number of hydrogen-bond acceptors (Lipinski definition) is 7. The lowest BCUT2D eigenvalue weighted by molar-refractivity contribution is -0.144. The monoisotopic (exact) mass is 472 g/mol. The summed E-state index contributed by atoms with van der Waals surface area (Å²) in [6.07, 6.45) is 0. The molecule has 1 aromatic heterocycles. The van der Waals surface area contributed by atoms with Crippen LogP contribution in [0.3, 0.4) is 0 Å². The molecule has 0 fully saturated rings. The van der Waals surface area contributed by atoms with Gasteiger partial charge in [-0.3, -0.25) is 14.5 Å². The van der Waals surface area contributed by atoms with Gasteiger partial charge in [0, 0.05) is 23.1 Å². The summed E-state index contributed by atoms with van der Waals surface area (Å²) in [5, 5.41) is 3.36. The molecule has 0 N–H and O–H groups in total. The van der Waals surface area contributed by atoms with Gasteiger partial charge in [0.25, 0.3) is 5.91 Å². The average molecular weight is 473 g/mol. The van der Waals surface area contributed by atoms with Crippen LogP contribution in [0.4, 0.5) is 5.69 Å². The number of benzene rings is 2. The first-order valence-corrected chi connectivity index (χ1v) is 11.3. The van der Waals surface area contributed by atoms with E-state index in [1.807, 2.05) is 42.6 Å². The van der Waals surface area contributed by atoms with Gasteiger partial charge in [-0.15, -0.1) is 11.3 Å². The van der Waals surface area contributed by atoms with Crippen LogP contribution in [0.25, 0.3) is 21.8 Å². The minimum absolute atomic E-state index is 0.133. The fourth-order valence-corrected chi connectivity index (χ4v) is 4.38. The van der Waals surface area contributed by atoms with E-state index < -0.39 is 5.97 Å². The molecule has 1 aliphatic heterocycles.